The third-order valence-electron chi connectivity index (χ3n) is 3.39. The summed E-state index contributed by atoms with van der Waals surface area (Å²) in [6.07, 6.45) is 1.83. The highest BCUT2D eigenvalue weighted by Gasteiger charge is 2.07. The number of fused-ring (bicyclic) bond motifs is 1. The van der Waals surface area contributed by atoms with Gasteiger partial charge >= 0.3 is 0 Å². The number of sulfone groups is 1. The van der Waals surface area contributed by atoms with Gasteiger partial charge in [-0.1, -0.05) is 12.1 Å². The van der Waals surface area contributed by atoms with Crippen LogP contribution in [0.5, 0.6) is 0 Å². The van der Waals surface area contributed by atoms with Crippen LogP contribution in [0.3, 0.4) is 0 Å². The maximum absolute atomic E-state index is 13.2. The average Bonchev–Trinajstić information content (AvgIpc) is 2.79. The Morgan fingerprint density at radius 2 is 1.76 bits per heavy atom. The van der Waals surface area contributed by atoms with Gasteiger partial charge < -0.3 is 4.98 Å². The molecule has 0 atom stereocenters. The van der Waals surface area contributed by atoms with E-state index in [9.17, 15) is 12.8 Å². The van der Waals surface area contributed by atoms with Gasteiger partial charge in [0.1, 0.15) is 5.82 Å². The molecule has 5 heteroatoms. The van der Waals surface area contributed by atoms with Gasteiger partial charge in [0, 0.05) is 23.9 Å². The molecule has 0 bridgehead atoms. The first-order chi connectivity index (χ1) is 9.91. The average molecular weight is 303 g/mol. The molecule has 0 amide bonds. The van der Waals surface area contributed by atoms with Crippen LogP contribution in [0.4, 0.5) is 4.39 Å². The number of hydrogen-bond donors (Lipinski definition) is 1. The third-order valence-corrected chi connectivity index (χ3v) is 4.51. The van der Waals surface area contributed by atoms with Crippen molar-refractivity contribution in [3.05, 3.63) is 65.6 Å². The van der Waals surface area contributed by atoms with Crippen molar-refractivity contribution in [1.29, 1.82) is 0 Å². The van der Waals surface area contributed by atoms with Gasteiger partial charge in [0.05, 0.1) is 4.90 Å². The summed E-state index contributed by atoms with van der Waals surface area (Å²) in [7, 11) is -3.17. The summed E-state index contributed by atoms with van der Waals surface area (Å²) in [4.78, 5) is 3.48. The first-order valence-electron chi connectivity index (χ1n) is 6.48. The quantitative estimate of drug-likeness (QED) is 0.807. The number of benzene rings is 2. The van der Waals surface area contributed by atoms with Crippen LogP contribution in [0.2, 0.25) is 0 Å². The molecule has 108 valence electrons. The Morgan fingerprint density at radius 1 is 1.05 bits per heavy atom. The van der Waals surface area contributed by atoms with Crippen molar-refractivity contribution >= 4 is 20.7 Å². The zero-order valence-corrected chi connectivity index (χ0v) is 12.2. The fourth-order valence-corrected chi connectivity index (χ4v) is 2.96. The van der Waals surface area contributed by atoms with Gasteiger partial charge in [0.15, 0.2) is 9.84 Å². The van der Waals surface area contributed by atoms with Crippen LogP contribution < -0.4 is 0 Å². The second-order valence-electron chi connectivity index (χ2n) is 5.12. The smallest absolute Gasteiger partial charge is 0.175 e. The van der Waals surface area contributed by atoms with Crippen LogP contribution in [0.15, 0.2) is 53.4 Å². The van der Waals surface area contributed by atoms with E-state index >= 15 is 0 Å². The van der Waals surface area contributed by atoms with E-state index in [1.807, 2.05) is 6.07 Å². The second-order valence-corrected chi connectivity index (χ2v) is 7.13. The predicted molar refractivity (Wildman–Crippen MR) is 80.6 cm³/mol. The van der Waals surface area contributed by atoms with Crippen LogP contribution in [-0.4, -0.2) is 19.7 Å². The van der Waals surface area contributed by atoms with Gasteiger partial charge in [0.25, 0.3) is 0 Å². The number of aromatic amines is 1. The number of halogens is 1. The van der Waals surface area contributed by atoms with Crippen LogP contribution in [-0.2, 0) is 16.3 Å². The highest BCUT2D eigenvalue weighted by Crippen LogP contribution is 2.19. The third kappa shape index (κ3) is 2.97. The molecule has 0 unspecified atom stereocenters. The molecule has 1 heterocycles. The van der Waals surface area contributed by atoms with E-state index in [1.165, 1.54) is 18.4 Å². The maximum atomic E-state index is 13.2. The maximum Gasteiger partial charge on any atom is 0.175 e. The monoisotopic (exact) mass is 303 g/mol. The summed E-state index contributed by atoms with van der Waals surface area (Å²) in [5.41, 5.74) is 2.72. The Bertz CT molecular complexity index is 896. The zero-order chi connectivity index (χ0) is 15.0. The summed E-state index contributed by atoms with van der Waals surface area (Å²) in [5.74, 6) is -0.270. The molecule has 1 aromatic heterocycles. The molecule has 0 radical (unpaired) electrons. The van der Waals surface area contributed by atoms with Crippen LogP contribution >= 0.6 is 0 Å². The lowest BCUT2D eigenvalue weighted by molar-refractivity contribution is 0.602. The topological polar surface area (TPSA) is 49.9 Å². The minimum Gasteiger partial charge on any atom is -0.358 e. The van der Waals surface area contributed by atoms with Gasteiger partial charge in [-0.2, -0.15) is 0 Å². The van der Waals surface area contributed by atoms with E-state index in [-0.39, 0.29) is 5.82 Å². The molecule has 0 saturated carbocycles. The van der Waals surface area contributed by atoms with Gasteiger partial charge in [-0.05, 0) is 47.3 Å². The summed E-state index contributed by atoms with van der Waals surface area (Å²) in [6.45, 7) is 0. The van der Waals surface area contributed by atoms with E-state index in [0.29, 0.717) is 11.3 Å². The van der Waals surface area contributed by atoms with E-state index in [0.717, 1.165) is 22.2 Å². The SMILES string of the molecule is CS(=O)(=O)c1ccc(Cc2cc3ccc(F)cc3[nH]2)cc1. The first kappa shape index (κ1) is 13.8. The highest BCUT2D eigenvalue weighted by molar-refractivity contribution is 7.90. The van der Waals surface area contributed by atoms with Crippen molar-refractivity contribution < 1.29 is 12.8 Å². The van der Waals surface area contributed by atoms with Crippen molar-refractivity contribution in [3.8, 4) is 0 Å². The van der Waals surface area contributed by atoms with E-state index in [2.05, 4.69) is 4.98 Å². The molecular weight excluding hydrogens is 289 g/mol. The van der Waals surface area contributed by atoms with Gasteiger partial charge in [-0.3, -0.25) is 0 Å². The van der Waals surface area contributed by atoms with Crippen molar-refractivity contribution in [2.45, 2.75) is 11.3 Å². The molecule has 3 aromatic rings. The summed E-state index contributed by atoms with van der Waals surface area (Å²) < 4.78 is 36.0. The van der Waals surface area contributed by atoms with Gasteiger partial charge in [-0.25, -0.2) is 12.8 Å². The fourth-order valence-electron chi connectivity index (χ4n) is 2.33. The number of hydrogen-bond acceptors (Lipinski definition) is 2. The summed E-state index contributed by atoms with van der Waals surface area (Å²) in [6, 6.07) is 13.4. The Morgan fingerprint density at radius 3 is 2.43 bits per heavy atom. The van der Waals surface area contributed by atoms with Gasteiger partial charge in [-0.15, -0.1) is 0 Å². The largest absolute Gasteiger partial charge is 0.358 e. The predicted octanol–water partition coefficient (Wildman–Crippen LogP) is 3.30. The lowest BCUT2D eigenvalue weighted by Crippen LogP contribution is -1.97. The molecule has 0 spiro atoms. The molecule has 2 aromatic carbocycles. The van der Waals surface area contributed by atoms with E-state index in [1.54, 1.807) is 30.3 Å². The summed E-state index contributed by atoms with van der Waals surface area (Å²) >= 11 is 0. The van der Waals surface area contributed by atoms with E-state index < -0.39 is 9.84 Å². The molecule has 0 aliphatic rings. The standard InChI is InChI=1S/C16H14FNO2S/c1-21(19,20)15-6-2-11(3-7-15)8-14-9-12-4-5-13(17)10-16(12)18-14/h2-7,9-10,18H,8H2,1H3. The summed E-state index contributed by atoms with van der Waals surface area (Å²) in [5, 5.41) is 0.958. The Hall–Kier alpha value is -2.14. The molecule has 0 aliphatic carbocycles. The van der Waals surface area contributed by atoms with Crippen LogP contribution in [0, 0.1) is 5.82 Å². The molecule has 21 heavy (non-hydrogen) atoms. The molecule has 3 nitrogen and oxygen atoms in total. The van der Waals surface area contributed by atoms with Crippen molar-refractivity contribution in [3.63, 3.8) is 0 Å². The molecule has 0 fully saturated rings. The number of nitrogens with one attached hydrogen (secondary N) is 1. The van der Waals surface area contributed by atoms with Crippen LogP contribution in [0.1, 0.15) is 11.3 Å². The zero-order valence-electron chi connectivity index (χ0n) is 11.4. The minimum absolute atomic E-state index is 0.270. The van der Waals surface area contributed by atoms with Crippen molar-refractivity contribution in [1.82, 2.24) is 4.98 Å². The lowest BCUT2D eigenvalue weighted by Gasteiger charge is -2.01. The minimum atomic E-state index is -3.17. The molecule has 1 N–H and O–H groups in total. The van der Waals surface area contributed by atoms with E-state index in [4.69, 9.17) is 0 Å². The van der Waals surface area contributed by atoms with Crippen molar-refractivity contribution in [2.75, 3.05) is 6.26 Å². The normalized spacial score (nSPS) is 11.9. The van der Waals surface area contributed by atoms with Crippen molar-refractivity contribution in [2.24, 2.45) is 0 Å². The highest BCUT2D eigenvalue weighted by atomic mass is 32.2. The Kier molecular flexibility index (Phi) is 3.29. The second kappa shape index (κ2) is 5.00. The fraction of sp³-hybridized carbons (Fsp3) is 0.125. The molecule has 0 aliphatic heterocycles. The molecule has 3 rings (SSSR count). The molecular formula is C16H14FNO2S. The molecule has 0 saturated heterocycles. The Balaban J connectivity index is 1.88. The van der Waals surface area contributed by atoms with Gasteiger partial charge in [0.2, 0.25) is 0 Å². The first-order valence-corrected chi connectivity index (χ1v) is 8.37. The number of aromatic nitrogens is 1. The van der Waals surface area contributed by atoms with Crippen LogP contribution in [0.25, 0.3) is 10.9 Å². The lowest BCUT2D eigenvalue weighted by atomic mass is 10.1. The Labute approximate surface area is 122 Å². The number of rotatable bonds is 3. The number of H-pyrrole nitrogens is 1.